The zero-order valence-electron chi connectivity index (χ0n) is 15.0. The first-order valence-electron chi connectivity index (χ1n) is 9.24. The number of carbonyl (C=O) groups excluding carboxylic acids is 1. The van der Waals surface area contributed by atoms with Gasteiger partial charge in [0.2, 0.25) is 0 Å². The molecule has 2 bridgehead atoms. The van der Waals surface area contributed by atoms with E-state index in [1.54, 1.807) is 29.4 Å². The summed E-state index contributed by atoms with van der Waals surface area (Å²) in [4.78, 5) is 18.4. The van der Waals surface area contributed by atoms with Gasteiger partial charge in [-0.25, -0.2) is 4.79 Å². The maximum absolute atomic E-state index is 13.2. The second-order valence-corrected chi connectivity index (χ2v) is 7.16. The van der Waals surface area contributed by atoms with Crippen LogP contribution in [0.5, 0.6) is 5.75 Å². The van der Waals surface area contributed by atoms with Gasteiger partial charge in [-0.05, 0) is 37.1 Å². The van der Waals surface area contributed by atoms with E-state index in [0.717, 1.165) is 24.7 Å². The Bertz CT molecular complexity index is 830. The van der Waals surface area contributed by atoms with E-state index in [9.17, 15) is 18.0 Å². The van der Waals surface area contributed by atoms with Crippen LogP contribution in [-0.2, 0) is 6.18 Å². The zero-order chi connectivity index (χ0) is 19.7. The number of alkyl halides is 3. The number of nitrogens with one attached hydrogen (secondary N) is 1. The van der Waals surface area contributed by atoms with Gasteiger partial charge in [0, 0.05) is 37.3 Å². The lowest BCUT2D eigenvalue weighted by Crippen LogP contribution is -2.50. The summed E-state index contributed by atoms with van der Waals surface area (Å²) in [5.74, 6) is 0.733. The molecule has 4 rings (SSSR count). The summed E-state index contributed by atoms with van der Waals surface area (Å²) in [6.07, 6.45) is 1.75. The number of aromatic nitrogens is 1. The predicted molar refractivity (Wildman–Crippen MR) is 97.0 cm³/mol. The van der Waals surface area contributed by atoms with Crippen LogP contribution in [0.2, 0.25) is 0 Å². The summed E-state index contributed by atoms with van der Waals surface area (Å²) in [7, 11) is 0. The molecule has 2 aliphatic rings. The highest BCUT2D eigenvalue weighted by Crippen LogP contribution is 2.39. The van der Waals surface area contributed by atoms with Gasteiger partial charge in [0.05, 0.1) is 11.3 Å². The molecule has 0 saturated carbocycles. The van der Waals surface area contributed by atoms with Crippen LogP contribution in [0.25, 0.3) is 0 Å². The van der Waals surface area contributed by atoms with E-state index in [1.807, 2.05) is 0 Å². The summed E-state index contributed by atoms with van der Waals surface area (Å²) in [6.45, 7) is 0. The smallest absolute Gasteiger partial charge is 0.418 e. The van der Waals surface area contributed by atoms with Gasteiger partial charge in [-0.1, -0.05) is 12.1 Å². The molecule has 1 N–H and O–H groups in total. The first-order chi connectivity index (χ1) is 13.4. The molecule has 0 spiro atoms. The molecule has 8 heteroatoms. The topological polar surface area (TPSA) is 54.5 Å². The number of nitrogens with zero attached hydrogens (tertiary/aromatic N) is 2. The fraction of sp³-hybridized carbons (Fsp3) is 0.400. The average molecular weight is 391 g/mol. The Balaban J connectivity index is 1.45. The van der Waals surface area contributed by atoms with Gasteiger partial charge >= 0.3 is 12.2 Å². The lowest BCUT2D eigenvalue weighted by molar-refractivity contribution is -0.136. The van der Waals surface area contributed by atoms with Gasteiger partial charge in [0.15, 0.2) is 0 Å². The molecule has 3 heterocycles. The van der Waals surface area contributed by atoms with E-state index in [1.165, 1.54) is 18.2 Å². The van der Waals surface area contributed by atoms with Gasteiger partial charge in [0.25, 0.3) is 0 Å². The highest BCUT2D eigenvalue weighted by Gasteiger charge is 2.44. The molecule has 2 fully saturated rings. The normalized spacial score (nSPS) is 24.1. The van der Waals surface area contributed by atoms with Crippen molar-refractivity contribution in [3.05, 3.63) is 54.4 Å². The van der Waals surface area contributed by atoms with Crippen LogP contribution in [-0.4, -0.2) is 34.1 Å². The maximum atomic E-state index is 13.2. The third-order valence-electron chi connectivity index (χ3n) is 5.35. The van der Waals surface area contributed by atoms with Gasteiger partial charge < -0.3 is 15.0 Å². The number of piperidine rings is 1. The number of para-hydroxylation sites is 1. The summed E-state index contributed by atoms with van der Waals surface area (Å²) < 4.78 is 45.5. The van der Waals surface area contributed by atoms with Crippen molar-refractivity contribution in [1.29, 1.82) is 0 Å². The molecule has 2 aliphatic heterocycles. The molecule has 2 saturated heterocycles. The van der Waals surface area contributed by atoms with E-state index in [4.69, 9.17) is 4.74 Å². The minimum atomic E-state index is -4.52. The van der Waals surface area contributed by atoms with Crippen LogP contribution in [0.15, 0.2) is 48.8 Å². The molecule has 5 nitrogen and oxygen atoms in total. The number of benzene rings is 1. The number of rotatable bonds is 3. The lowest BCUT2D eigenvalue weighted by Gasteiger charge is -2.38. The molecule has 2 amide bonds. The molecule has 1 aromatic carbocycles. The van der Waals surface area contributed by atoms with Crippen LogP contribution < -0.4 is 10.1 Å². The fourth-order valence-corrected chi connectivity index (χ4v) is 4.18. The Morgan fingerprint density at radius 2 is 1.71 bits per heavy atom. The molecule has 0 radical (unpaired) electrons. The fourth-order valence-electron chi connectivity index (χ4n) is 4.18. The molecule has 2 aromatic rings. The van der Waals surface area contributed by atoms with E-state index in [2.05, 4.69) is 10.3 Å². The Morgan fingerprint density at radius 3 is 2.36 bits per heavy atom. The van der Waals surface area contributed by atoms with Crippen molar-refractivity contribution < 1.29 is 22.7 Å². The molecule has 2 atom stereocenters. The van der Waals surface area contributed by atoms with E-state index < -0.39 is 17.8 Å². The van der Waals surface area contributed by atoms with Gasteiger partial charge in [-0.15, -0.1) is 0 Å². The number of pyridine rings is 1. The molecular weight excluding hydrogens is 371 g/mol. The highest BCUT2D eigenvalue weighted by molar-refractivity contribution is 5.91. The second-order valence-electron chi connectivity index (χ2n) is 7.16. The van der Waals surface area contributed by atoms with Crippen molar-refractivity contribution in [2.75, 3.05) is 5.32 Å². The zero-order valence-corrected chi connectivity index (χ0v) is 15.0. The van der Waals surface area contributed by atoms with Crippen molar-refractivity contribution >= 4 is 11.7 Å². The summed E-state index contributed by atoms with van der Waals surface area (Å²) in [6, 6.07) is 8.06. The lowest BCUT2D eigenvalue weighted by atomic mass is 10.00. The van der Waals surface area contributed by atoms with E-state index in [0.29, 0.717) is 12.8 Å². The third-order valence-corrected chi connectivity index (χ3v) is 5.35. The first-order valence-corrected chi connectivity index (χ1v) is 9.24. The molecule has 1 aromatic heterocycles. The van der Waals surface area contributed by atoms with Crippen LogP contribution >= 0.6 is 0 Å². The Labute approximate surface area is 160 Å². The van der Waals surface area contributed by atoms with Crippen molar-refractivity contribution in [3.63, 3.8) is 0 Å². The molecule has 28 heavy (non-hydrogen) atoms. The van der Waals surface area contributed by atoms with Gasteiger partial charge in [0.1, 0.15) is 11.9 Å². The molecule has 0 unspecified atom stereocenters. The number of amides is 2. The SMILES string of the molecule is O=C(Nc1ccccc1C(F)(F)F)N1[C@H]2CC[C@H]1CC(Oc1ccncc1)C2. The Kier molecular flexibility index (Phi) is 4.87. The second kappa shape index (κ2) is 7.33. The largest absolute Gasteiger partial charge is 0.490 e. The Hall–Kier alpha value is -2.77. The van der Waals surface area contributed by atoms with Crippen molar-refractivity contribution in [2.45, 2.75) is 50.0 Å². The number of hydrogen-bond acceptors (Lipinski definition) is 3. The van der Waals surface area contributed by atoms with Crippen LogP contribution in [0.1, 0.15) is 31.2 Å². The quantitative estimate of drug-likeness (QED) is 0.825. The minimum absolute atomic E-state index is 0.0218. The van der Waals surface area contributed by atoms with Crippen molar-refractivity contribution in [3.8, 4) is 5.75 Å². The van der Waals surface area contributed by atoms with E-state index >= 15 is 0 Å². The number of ether oxygens (including phenoxy) is 1. The maximum Gasteiger partial charge on any atom is 0.418 e. The third kappa shape index (κ3) is 3.76. The number of fused-ring (bicyclic) bond motifs is 2. The summed E-state index contributed by atoms with van der Waals surface area (Å²) in [5.41, 5.74) is -1.05. The van der Waals surface area contributed by atoms with Crippen LogP contribution in [0.4, 0.5) is 23.7 Å². The average Bonchev–Trinajstić information content (AvgIpc) is 2.93. The number of anilines is 1. The number of urea groups is 1. The first kappa shape index (κ1) is 18.6. The van der Waals surface area contributed by atoms with Crippen molar-refractivity contribution in [2.24, 2.45) is 0 Å². The standard InChI is InChI=1S/C20H20F3N3O2/c21-20(22,23)17-3-1-2-4-18(17)25-19(27)26-13-5-6-14(26)12-16(11-13)28-15-7-9-24-10-8-15/h1-4,7-10,13-14,16H,5-6,11-12H2,(H,25,27)/t13-,14-/m0/s1. The van der Waals surface area contributed by atoms with Crippen LogP contribution in [0, 0.1) is 0 Å². The molecule has 0 aliphatic carbocycles. The monoisotopic (exact) mass is 391 g/mol. The number of hydrogen-bond donors (Lipinski definition) is 1. The summed E-state index contributed by atoms with van der Waals surface area (Å²) >= 11 is 0. The van der Waals surface area contributed by atoms with Gasteiger partial charge in [-0.3, -0.25) is 4.98 Å². The summed E-state index contributed by atoms with van der Waals surface area (Å²) in [5, 5.41) is 2.47. The van der Waals surface area contributed by atoms with Crippen molar-refractivity contribution in [1.82, 2.24) is 9.88 Å². The van der Waals surface area contributed by atoms with Crippen LogP contribution in [0.3, 0.4) is 0 Å². The number of halogens is 3. The van der Waals surface area contributed by atoms with E-state index in [-0.39, 0.29) is 23.9 Å². The van der Waals surface area contributed by atoms with Gasteiger partial charge in [-0.2, -0.15) is 13.2 Å². The predicted octanol–water partition coefficient (Wildman–Crippen LogP) is 4.71. The molecule has 148 valence electrons. The minimum Gasteiger partial charge on any atom is -0.490 e. The number of carbonyl (C=O) groups is 1. The highest BCUT2D eigenvalue weighted by atomic mass is 19.4. The molecular formula is C20H20F3N3O2. The Morgan fingerprint density at radius 1 is 1.07 bits per heavy atom.